The van der Waals surface area contributed by atoms with Crippen molar-refractivity contribution in [2.45, 2.75) is 6.42 Å². The minimum atomic E-state index is -0.571. The Labute approximate surface area is 151 Å². The zero-order chi connectivity index (χ0) is 18.4. The number of thiocarbonyl (C=S) groups is 1. The molecule has 0 aliphatic carbocycles. The Kier molecular flexibility index (Phi) is 6.19. The summed E-state index contributed by atoms with van der Waals surface area (Å²) in [5, 5.41) is 22.8. The van der Waals surface area contributed by atoms with Gasteiger partial charge >= 0.3 is 5.97 Å². The van der Waals surface area contributed by atoms with E-state index < -0.39 is 5.97 Å². The van der Waals surface area contributed by atoms with Gasteiger partial charge in [-0.3, -0.25) is 0 Å². The van der Waals surface area contributed by atoms with Crippen molar-refractivity contribution in [1.82, 2.24) is 4.90 Å². The van der Waals surface area contributed by atoms with Crippen molar-refractivity contribution in [3.63, 3.8) is 0 Å². The molecule has 0 radical (unpaired) electrons. The van der Waals surface area contributed by atoms with Crippen molar-refractivity contribution in [3.8, 4) is 11.5 Å². The highest BCUT2D eigenvalue weighted by Crippen LogP contribution is 2.22. The second kappa shape index (κ2) is 8.34. The number of methoxy groups -OCH3 is 1. The maximum atomic E-state index is 11.8. The average molecular weight is 360 g/mol. The average Bonchev–Trinajstić information content (AvgIpc) is 2.61. The van der Waals surface area contributed by atoms with Crippen LogP contribution in [0.1, 0.15) is 15.9 Å². The van der Waals surface area contributed by atoms with Gasteiger partial charge in [0, 0.05) is 13.6 Å². The zero-order valence-corrected chi connectivity index (χ0v) is 14.8. The van der Waals surface area contributed by atoms with Crippen molar-refractivity contribution in [3.05, 3.63) is 53.6 Å². The monoisotopic (exact) mass is 360 g/mol. The van der Waals surface area contributed by atoms with E-state index in [1.165, 1.54) is 19.2 Å². The minimum Gasteiger partial charge on any atom is -0.508 e. The predicted octanol–water partition coefficient (Wildman–Crippen LogP) is 2.76. The van der Waals surface area contributed by atoms with E-state index in [2.05, 4.69) is 5.32 Å². The number of benzene rings is 2. The largest absolute Gasteiger partial charge is 0.508 e. The van der Waals surface area contributed by atoms with Crippen LogP contribution in [0.3, 0.4) is 0 Å². The lowest BCUT2D eigenvalue weighted by atomic mass is 10.1. The molecule has 3 N–H and O–H groups in total. The van der Waals surface area contributed by atoms with Gasteiger partial charge in [-0.15, -0.1) is 0 Å². The lowest BCUT2D eigenvalue weighted by Crippen LogP contribution is -2.33. The molecule has 0 atom stereocenters. The van der Waals surface area contributed by atoms with E-state index in [9.17, 15) is 15.0 Å². The summed E-state index contributed by atoms with van der Waals surface area (Å²) in [7, 11) is 3.08. The van der Waals surface area contributed by atoms with Crippen molar-refractivity contribution in [2.24, 2.45) is 0 Å². The van der Waals surface area contributed by atoms with Crippen molar-refractivity contribution >= 4 is 29.0 Å². The number of esters is 1. The second-order valence-corrected chi connectivity index (χ2v) is 5.84. The van der Waals surface area contributed by atoms with Crippen LogP contribution in [0.15, 0.2) is 42.5 Å². The number of aromatic hydroxyl groups is 2. The van der Waals surface area contributed by atoms with Gasteiger partial charge in [0.25, 0.3) is 0 Å². The van der Waals surface area contributed by atoms with Crippen LogP contribution in [0.5, 0.6) is 11.5 Å². The van der Waals surface area contributed by atoms with Crippen LogP contribution in [0.4, 0.5) is 5.69 Å². The molecule has 0 bridgehead atoms. The third-order valence-electron chi connectivity index (χ3n) is 3.70. The van der Waals surface area contributed by atoms with Crippen LogP contribution >= 0.6 is 12.2 Å². The van der Waals surface area contributed by atoms with Gasteiger partial charge in [-0.2, -0.15) is 0 Å². The number of likely N-dealkylation sites (N-methyl/N-ethyl adjacent to an activating group) is 1. The van der Waals surface area contributed by atoms with Gasteiger partial charge in [-0.1, -0.05) is 18.2 Å². The molecular formula is C18H20N2O4S. The van der Waals surface area contributed by atoms with E-state index in [1.54, 1.807) is 23.1 Å². The standard InChI is InChI=1S/C18H20N2O4S/c1-20(10-9-12-5-3-4-6-16(12)22)18(25)19-15-8-7-13(21)11-14(15)17(23)24-2/h3-8,11,21-22H,9-10H2,1-2H3,(H,19,25). The highest BCUT2D eigenvalue weighted by Gasteiger charge is 2.15. The summed E-state index contributed by atoms with van der Waals surface area (Å²) in [6, 6.07) is 11.5. The predicted molar refractivity (Wildman–Crippen MR) is 100 cm³/mol. The quantitative estimate of drug-likeness (QED) is 0.430. The van der Waals surface area contributed by atoms with E-state index in [-0.39, 0.29) is 17.1 Å². The fourth-order valence-electron chi connectivity index (χ4n) is 2.24. The van der Waals surface area contributed by atoms with Crippen molar-refractivity contribution < 1.29 is 19.7 Å². The number of phenolic OH excluding ortho intramolecular Hbond substituents is 2. The summed E-state index contributed by atoms with van der Waals surface area (Å²) in [5.41, 5.74) is 1.47. The number of para-hydroxylation sites is 1. The molecule has 25 heavy (non-hydrogen) atoms. The molecule has 2 aromatic rings. The van der Waals surface area contributed by atoms with Crippen LogP contribution in [0.25, 0.3) is 0 Å². The Balaban J connectivity index is 2.04. The fraction of sp³-hybridized carbons (Fsp3) is 0.222. The Hall–Kier alpha value is -2.80. The molecule has 2 aromatic carbocycles. The summed E-state index contributed by atoms with van der Waals surface area (Å²) in [4.78, 5) is 13.6. The molecule has 0 heterocycles. The first kappa shape index (κ1) is 18.5. The summed E-state index contributed by atoms with van der Waals surface area (Å²) in [6.45, 7) is 0.578. The van der Waals surface area contributed by atoms with Crippen molar-refractivity contribution in [2.75, 3.05) is 26.0 Å². The molecule has 0 amide bonds. The van der Waals surface area contributed by atoms with Gasteiger partial charge in [0.05, 0.1) is 18.4 Å². The van der Waals surface area contributed by atoms with Gasteiger partial charge in [0.15, 0.2) is 5.11 Å². The minimum absolute atomic E-state index is 0.0372. The molecule has 132 valence electrons. The number of hydrogen-bond acceptors (Lipinski definition) is 5. The van der Waals surface area contributed by atoms with Gasteiger partial charge < -0.3 is 25.2 Å². The van der Waals surface area contributed by atoms with E-state index in [0.29, 0.717) is 23.8 Å². The summed E-state index contributed by atoms with van der Waals surface area (Å²) in [5.74, 6) is -0.357. The molecule has 0 spiro atoms. The number of hydrogen-bond donors (Lipinski definition) is 3. The van der Waals surface area contributed by atoms with E-state index in [1.807, 2.05) is 19.2 Å². The smallest absolute Gasteiger partial charge is 0.340 e. The molecular weight excluding hydrogens is 340 g/mol. The van der Waals surface area contributed by atoms with E-state index in [0.717, 1.165) is 5.56 Å². The maximum Gasteiger partial charge on any atom is 0.340 e. The maximum absolute atomic E-state index is 11.8. The number of rotatable bonds is 5. The third-order valence-corrected chi connectivity index (χ3v) is 4.12. The number of nitrogens with zero attached hydrogens (tertiary/aromatic N) is 1. The molecule has 0 fully saturated rings. The molecule has 0 saturated heterocycles. The number of ether oxygens (including phenoxy) is 1. The fourth-order valence-corrected chi connectivity index (χ4v) is 2.44. The lowest BCUT2D eigenvalue weighted by molar-refractivity contribution is 0.0601. The van der Waals surface area contributed by atoms with Crippen LogP contribution in [0.2, 0.25) is 0 Å². The number of anilines is 1. The Morgan fingerprint density at radius 3 is 2.64 bits per heavy atom. The Morgan fingerprint density at radius 2 is 1.96 bits per heavy atom. The van der Waals surface area contributed by atoms with Gasteiger partial charge in [-0.05, 0) is 48.5 Å². The van der Waals surface area contributed by atoms with Crippen LogP contribution < -0.4 is 5.32 Å². The van der Waals surface area contributed by atoms with Gasteiger partial charge in [-0.25, -0.2) is 4.79 Å². The molecule has 2 rings (SSSR count). The number of carbonyl (C=O) groups is 1. The molecule has 0 unspecified atom stereocenters. The normalized spacial score (nSPS) is 10.2. The number of nitrogens with one attached hydrogen (secondary N) is 1. The van der Waals surface area contributed by atoms with Gasteiger partial charge in [0.1, 0.15) is 11.5 Å². The third kappa shape index (κ3) is 4.84. The molecule has 0 aliphatic rings. The molecule has 7 heteroatoms. The van der Waals surface area contributed by atoms with Crippen LogP contribution in [0, 0.1) is 0 Å². The highest BCUT2D eigenvalue weighted by atomic mass is 32.1. The summed E-state index contributed by atoms with van der Waals surface area (Å²) < 4.78 is 4.72. The first-order chi connectivity index (χ1) is 11.9. The van der Waals surface area contributed by atoms with Crippen LogP contribution in [-0.4, -0.2) is 46.9 Å². The molecule has 0 aromatic heterocycles. The van der Waals surface area contributed by atoms with Crippen molar-refractivity contribution in [1.29, 1.82) is 0 Å². The Bertz CT molecular complexity index is 779. The number of phenols is 2. The lowest BCUT2D eigenvalue weighted by Gasteiger charge is -2.22. The molecule has 0 aliphatic heterocycles. The first-order valence-corrected chi connectivity index (χ1v) is 8.03. The Morgan fingerprint density at radius 1 is 1.24 bits per heavy atom. The molecule has 0 saturated carbocycles. The van der Waals surface area contributed by atoms with Crippen LogP contribution in [-0.2, 0) is 11.2 Å². The number of carbonyl (C=O) groups excluding carboxylic acids is 1. The zero-order valence-electron chi connectivity index (χ0n) is 14.0. The highest BCUT2D eigenvalue weighted by molar-refractivity contribution is 7.80. The SMILES string of the molecule is COC(=O)c1cc(O)ccc1NC(=S)N(C)CCc1ccccc1O. The summed E-state index contributed by atoms with van der Waals surface area (Å²) >= 11 is 5.36. The van der Waals surface area contributed by atoms with Gasteiger partial charge in [0.2, 0.25) is 0 Å². The van der Waals surface area contributed by atoms with E-state index >= 15 is 0 Å². The van der Waals surface area contributed by atoms with E-state index in [4.69, 9.17) is 17.0 Å². The summed E-state index contributed by atoms with van der Waals surface area (Å²) in [6.07, 6.45) is 0.616. The topological polar surface area (TPSA) is 82.0 Å². The second-order valence-electron chi connectivity index (χ2n) is 5.45. The first-order valence-electron chi connectivity index (χ1n) is 7.62. The molecule has 6 nitrogen and oxygen atoms in total.